The van der Waals surface area contributed by atoms with Gasteiger partial charge in [0.1, 0.15) is 22.7 Å². The molecule has 0 spiro atoms. The van der Waals surface area contributed by atoms with E-state index in [1.807, 2.05) is 7.05 Å². The number of nitrogens with one attached hydrogen (secondary N) is 1. The number of anilines is 1. The van der Waals surface area contributed by atoms with Crippen LogP contribution in [0.1, 0.15) is 23.8 Å². The van der Waals surface area contributed by atoms with Crippen molar-refractivity contribution in [2.45, 2.75) is 18.2 Å². The van der Waals surface area contributed by atoms with Crippen LogP contribution in [0.15, 0.2) is 35.6 Å². The second kappa shape index (κ2) is 8.70. The molecule has 0 saturated heterocycles. The molecule has 0 fully saturated rings. The summed E-state index contributed by atoms with van der Waals surface area (Å²) in [5.74, 6) is -1.21. The molecule has 1 aliphatic heterocycles. The van der Waals surface area contributed by atoms with Crippen LogP contribution in [-0.2, 0) is 0 Å². The van der Waals surface area contributed by atoms with Gasteiger partial charge < -0.3 is 20.7 Å². The van der Waals surface area contributed by atoms with Crippen LogP contribution in [0, 0.1) is 11.6 Å². The van der Waals surface area contributed by atoms with Gasteiger partial charge in [-0.1, -0.05) is 17.8 Å². The molecule has 0 radical (unpaired) electrons. The van der Waals surface area contributed by atoms with Gasteiger partial charge in [0.25, 0.3) is 0 Å². The number of benzene rings is 1. The molecule has 2 heterocycles. The van der Waals surface area contributed by atoms with E-state index >= 15 is 0 Å². The normalized spacial score (nSPS) is 16.8. The van der Waals surface area contributed by atoms with Crippen molar-refractivity contribution in [2.75, 3.05) is 25.1 Å². The third-order valence-corrected chi connectivity index (χ3v) is 5.63. The molecule has 0 saturated carbocycles. The zero-order chi connectivity index (χ0) is 18.5. The average molecular weight is 399 g/mol. The lowest BCUT2D eigenvalue weighted by Crippen LogP contribution is -2.19. The summed E-state index contributed by atoms with van der Waals surface area (Å²) in [7, 11) is 1.91. The standard InChI is InChI=1S/C17H20F2N4OS2/c1-21-7-2-3-8-24-17-13(9-22-26-17)23-10-14(20)25-16(23)15-11(18)5-4-6-12(15)19/h4-6,9-10,16,21H,2-3,7-8,20H2,1H3. The van der Waals surface area contributed by atoms with E-state index in [-0.39, 0.29) is 5.56 Å². The number of nitrogens with two attached hydrogens (primary N) is 1. The van der Waals surface area contributed by atoms with E-state index in [2.05, 4.69) is 9.69 Å². The fourth-order valence-electron chi connectivity index (χ4n) is 2.63. The Labute approximate surface area is 159 Å². The van der Waals surface area contributed by atoms with Gasteiger partial charge in [-0.15, -0.1) is 0 Å². The Morgan fingerprint density at radius 1 is 1.31 bits per heavy atom. The Morgan fingerprint density at radius 2 is 2.08 bits per heavy atom. The van der Waals surface area contributed by atoms with Crippen LogP contribution in [0.5, 0.6) is 5.06 Å². The van der Waals surface area contributed by atoms with Gasteiger partial charge in [0, 0.05) is 17.7 Å². The Kier molecular flexibility index (Phi) is 6.33. The molecule has 26 heavy (non-hydrogen) atoms. The summed E-state index contributed by atoms with van der Waals surface area (Å²) in [6.45, 7) is 1.48. The smallest absolute Gasteiger partial charge is 0.217 e. The number of hydrogen-bond donors (Lipinski definition) is 2. The highest BCUT2D eigenvalue weighted by atomic mass is 32.2. The zero-order valence-corrected chi connectivity index (χ0v) is 15.9. The Balaban J connectivity index is 1.80. The minimum Gasteiger partial charge on any atom is -0.481 e. The number of nitrogens with zero attached hydrogens (tertiary/aromatic N) is 2. The number of halogens is 2. The topological polar surface area (TPSA) is 63.4 Å². The lowest BCUT2D eigenvalue weighted by molar-refractivity contribution is 0.315. The van der Waals surface area contributed by atoms with Gasteiger partial charge in [-0.05, 0) is 38.6 Å². The first kappa shape index (κ1) is 18.9. The van der Waals surface area contributed by atoms with Gasteiger partial charge in [-0.3, -0.25) is 0 Å². The fraction of sp³-hybridized carbons (Fsp3) is 0.353. The third-order valence-electron chi connectivity index (χ3n) is 3.87. The highest BCUT2D eigenvalue weighted by molar-refractivity contribution is 8.03. The number of unbranched alkanes of at least 4 members (excludes halogenated alkanes) is 1. The maximum absolute atomic E-state index is 14.3. The number of hydrogen-bond acceptors (Lipinski definition) is 7. The molecule has 3 N–H and O–H groups in total. The molecule has 1 aromatic heterocycles. The van der Waals surface area contributed by atoms with Crippen LogP contribution in [0.2, 0.25) is 0 Å². The lowest BCUT2D eigenvalue weighted by Gasteiger charge is -2.25. The van der Waals surface area contributed by atoms with Crippen LogP contribution in [0.4, 0.5) is 14.5 Å². The summed E-state index contributed by atoms with van der Waals surface area (Å²) >= 11 is 2.41. The molecule has 3 rings (SSSR count). The maximum atomic E-state index is 14.3. The molecule has 0 amide bonds. The predicted octanol–water partition coefficient (Wildman–Crippen LogP) is 3.81. The minimum atomic E-state index is -0.640. The van der Waals surface area contributed by atoms with E-state index in [1.54, 1.807) is 17.3 Å². The molecule has 1 aromatic carbocycles. The van der Waals surface area contributed by atoms with Crippen LogP contribution in [-0.4, -0.2) is 24.6 Å². The molecular formula is C17H20F2N4OS2. The van der Waals surface area contributed by atoms with Crippen molar-refractivity contribution in [1.82, 2.24) is 9.69 Å². The first-order valence-electron chi connectivity index (χ1n) is 8.20. The van der Waals surface area contributed by atoms with E-state index < -0.39 is 17.0 Å². The van der Waals surface area contributed by atoms with Crippen molar-refractivity contribution in [3.8, 4) is 5.06 Å². The summed E-state index contributed by atoms with van der Waals surface area (Å²) in [5, 5.41) is 3.54. The van der Waals surface area contributed by atoms with E-state index in [1.165, 1.54) is 41.5 Å². The summed E-state index contributed by atoms with van der Waals surface area (Å²) in [6, 6.07) is 3.84. The molecule has 1 unspecified atom stereocenters. The molecule has 140 valence electrons. The monoisotopic (exact) mass is 398 g/mol. The number of rotatable bonds is 8. The van der Waals surface area contributed by atoms with Crippen molar-refractivity contribution in [3.63, 3.8) is 0 Å². The molecular weight excluding hydrogens is 378 g/mol. The van der Waals surface area contributed by atoms with Gasteiger partial charge in [0.15, 0.2) is 0 Å². The van der Waals surface area contributed by atoms with Gasteiger partial charge in [-0.2, -0.15) is 4.37 Å². The van der Waals surface area contributed by atoms with Gasteiger partial charge in [0.05, 0.1) is 23.4 Å². The Hall–Kier alpha value is -1.84. The molecule has 9 heteroatoms. The van der Waals surface area contributed by atoms with Crippen molar-refractivity contribution >= 4 is 29.0 Å². The van der Waals surface area contributed by atoms with E-state index in [0.717, 1.165) is 19.4 Å². The van der Waals surface area contributed by atoms with Crippen molar-refractivity contribution in [1.29, 1.82) is 0 Å². The van der Waals surface area contributed by atoms with Crippen molar-refractivity contribution < 1.29 is 13.5 Å². The molecule has 1 aliphatic rings. The van der Waals surface area contributed by atoms with E-state index in [4.69, 9.17) is 10.5 Å². The first-order valence-corrected chi connectivity index (χ1v) is 9.85. The van der Waals surface area contributed by atoms with Gasteiger partial charge in [-0.25, -0.2) is 8.78 Å². The molecule has 0 bridgehead atoms. The number of ether oxygens (including phenoxy) is 1. The second-order valence-electron chi connectivity index (χ2n) is 5.70. The van der Waals surface area contributed by atoms with Crippen LogP contribution in [0.3, 0.4) is 0 Å². The van der Waals surface area contributed by atoms with Crippen molar-refractivity contribution in [3.05, 3.63) is 52.8 Å². The zero-order valence-electron chi connectivity index (χ0n) is 14.2. The van der Waals surface area contributed by atoms with Crippen LogP contribution >= 0.6 is 23.3 Å². The summed E-state index contributed by atoms with van der Waals surface area (Å²) in [6.07, 6.45) is 5.20. The quantitative estimate of drug-likeness (QED) is 0.660. The van der Waals surface area contributed by atoms with E-state index in [0.29, 0.717) is 22.4 Å². The van der Waals surface area contributed by atoms with Crippen LogP contribution < -0.4 is 20.7 Å². The maximum Gasteiger partial charge on any atom is 0.217 e. The SMILES string of the molecule is CNCCCCOc1sncc1N1C=C(N)SC1c1c(F)cccc1F. The molecule has 5 nitrogen and oxygen atoms in total. The molecule has 2 aromatic rings. The van der Waals surface area contributed by atoms with Gasteiger partial charge in [0.2, 0.25) is 5.06 Å². The van der Waals surface area contributed by atoms with E-state index in [9.17, 15) is 8.78 Å². The Bertz CT molecular complexity index is 764. The second-order valence-corrected chi connectivity index (χ2v) is 7.62. The summed E-state index contributed by atoms with van der Waals surface area (Å²) in [5.41, 5.74) is 6.57. The summed E-state index contributed by atoms with van der Waals surface area (Å²) in [4.78, 5) is 1.72. The molecule has 0 aliphatic carbocycles. The highest BCUT2D eigenvalue weighted by Gasteiger charge is 2.33. The predicted molar refractivity (Wildman–Crippen MR) is 102 cm³/mol. The number of thioether (sulfide) groups is 1. The molecule has 1 atom stereocenters. The largest absolute Gasteiger partial charge is 0.481 e. The Morgan fingerprint density at radius 3 is 2.81 bits per heavy atom. The highest BCUT2D eigenvalue weighted by Crippen LogP contribution is 2.49. The van der Waals surface area contributed by atoms with Gasteiger partial charge >= 0.3 is 0 Å². The van der Waals surface area contributed by atoms with Crippen LogP contribution in [0.25, 0.3) is 0 Å². The fourth-order valence-corrected chi connectivity index (χ4v) is 4.33. The van der Waals surface area contributed by atoms with Crippen molar-refractivity contribution in [2.24, 2.45) is 5.73 Å². The number of aromatic nitrogens is 1. The summed E-state index contributed by atoms with van der Waals surface area (Å²) < 4.78 is 38.6. The average Bonchev–Trinajstić information content (AvgIpc) is 3.21. The third kappa shape index (κ3) is 4.11. The minimum absolute atomic E-state index is 0.0274. The first-order chi connectivity index (χ1) is 12.6. The lowest BCUT2D eigenvalue weighted by atomic mass is 10.1.